The highest BCUT2D eigenvalue weighted by Crippen LogP contribution is 2.32. The Labute approximate surface area is 155 Å². The standard InChI is InChI=1S/C20H27N3O3/c1-2-3-4-5-20(24)21-18-7-6-17(22-8-12-25-13-9-22)16-19(18)23-10-14-26-15-11-23/h2-7,16H,8-15H2,1H3,(H,21,24). The normalized spacial score (nSPS) is 18.7. The van der Waals surface area contributed by atoms with E-state index in [0.29, 0.717) is 13.2 Å². The molecule has 0 aliphatic carbocycles. The molecule has 0 saturated carbocycles. The molecule has 26 heavy (non-hydrogen) atoms. The number of amides is 1. The number of rotatable bonds is 5. The van der Waals surface area contributed by atoms with Gasteiger partial charge in [-0.25, -0.2) is 0 Å². The molecule has 0 unspecified atom stereocenters. The quantitative estimate of drug-likeness (QED) is 0.648. The second kappa shape index (κ2) is 9.40. The first-order valence-electron chi connectivity index (χ1n) is 9.18. The van der Waals surface area contributed by atoms with Crippen molar-refractivity contribution in [2.24, 2.45) is 0 Å². The summed E-state index contributed by atoms with van der Waals surface area (Å²) in [5, 5.41) is 3.01. The highest BCUT2D eigenvalue weighted by atomic mass is 16.5. The molecule has 2 heterocycles. The summed E-state index contributed by atoms with van der Waals surface area (Å²) in [6.07, 6.45) is 7.01. The lowest BCUT2D eigenvalue weighted by Gasteiger charge is -2.33. The second-order valence-corrected chi connectivity index (χ2v) is 6.27. The van der Waals surface area contributed by atoms with Crippen molar-refractivity contribution in [1.82, 2.24) is 0 Å². The molecular formula is C20H27N3O3. The fraction of sp³-hybridized carbons (Fsp3) is 0.450. The zero-order valence-corrected chi connectivity index (χ0v) is 15.3. The van der Waals surface area contributed by atoms with Crippen LogP contribution in [-0.4, -0.2) is 58.5 Å². The Morgan fingerprint density at radius 2 is 1.65 bits per heavy atom. The third kappa shape index (κ3) is 4.86. The molecule has 6 nitrogen and oxygen atoms in total. The van der Waals surface area contributed by atoms with Crippen molar-refractivity contribution in [2.45, 2.75) is 6.92 Å². The van der Waals surface area contributed by atoms with Crippen molar-refractivity contribution in [3.05, 3.63) is 42.5 Å². The van der Waals surface area contributed by atoms with Crippen LogP contribution < -0.4 is 15.1 Å². The van der Waals surface area contributed by atoms with Gasteiger partial charge in [0.15, 0.2) is 0 Å². The van der Waals surface area contributed by atoms with Crippen LogP contribution in [0.1, 0.15) is 6.92 Å². The average molecular weight is 357 g/mol. The minimum absolute atomic E-state index is 0.128. The molecule has 2 aliphatic rings. The van der Waals surface area contributed by atoms with Gasteiger partial charge < -0.3 is 24.6 Å². The third-order valence-corrected chi connectivity index (χ3v) is 4.52. The van der Waals surface area contributed by atoms with Crippen LogP contribution in [0.3, 0.4) is 0 Å². The van der Waals surface area contributed by atoms with Gasteiger partial charge in [0.1, 0.15) is 0 Å². The molecule has 140 valence electrons. The van der Waals surface area contributed by atoms with Gasteiger partial charge in [-0.1, -0.05) is 18.2 Å². The number of hydrogen-bond acceptors (Lipinski definition) is 5. The van der Waals surface area contributed by atoms with Crippen molar-refractivity contribution in [2.75, 3.05) is 67.7 Å². The molecular weight excluding hydrogens is 330 g/mol. The van der Waals surface area contributed by atoms with Crippen LogP contribution in [-0.2, 0) is 14.3 Å². The molecule has 1 N–H and O–H groups in total. The fourth-order valence-corrected chi connectivity index (χ4v) is 3.14. The van der Waals surface area contributed by atoms with Gasteiger partial charge in [-0.2, -0.15) is 0 Å². The predicted octanol–water partition coefficient (Wildman–Crippen LogP) is 2.43. The number of benzene rings is 1. The Hall–Kier alpha value is -2.31. The van der Waals surface area contributed by atoms with E-state index in [4.69, 9.17) is 9.47 Å². The minimum Gasteiger partial charge on any atom is -0.378 e. The van der Waals surface area contributed by atoms with Gasteiger partial charge in [0.25, 0.3) is 0 Å². The summed E-state index contributed by atoms with van der Waals surface area (Å²) in [5.74, 6) is -0.128. The van der Waals surface area contributed by atoms with Crippen LogP contribution in [0.2, 0.25) is 0 Å². The van der Waals surface area contributed by atoms with Gasteiger partial charge in [-0.3, -0.25) is 4.79 Å². The molecule has 2 saturated heterocycles. The molecule has 0 spiro atoms. The number of carbonyl (C=O) groups is 1. The van der Waals surface area contributed by atoms with E-state index >= 15 is 0 Å². The minimum atomic E-state index is -0.128. The Kier molecular flexibility index (Phi) is 6.68. The highest BCUT2D eigenvalue weighted by Gasteiger charge is 2.19. The Balaban J connectivity index is 1.83. The number of nitrogens with zero attached hydrogens (tertiary/aromatic N) is 2. The molecule has 0 bridgehead atoms. The summed E-state index contributed by atoms with van der Waals surface area (Å²) >= 11 is 0. The van der Waals surface area contributed by atoms with Crippen molar-refractivity contribution in [3.63, 3.8) is 0 Å². The number of allylic oxidation sites excluding steroid dienone is 3. The third-order valence-electron chi connectivity index (χ3n) is 4.52. The van der Waals surface area contributed by atoms with Gasteiger partial charge in [0.2, 0.25) is 5.91 Å². The summed E-state index contributed by atoms with van der Waals surface area (Å²) in [4.78, 5) is 16.8. The molecule has 3 rings (SSSR count). The molecule has 2 aliphatic heterocycles. The molecule has 1 aromatic rings. The van der Waals surface area contributed by atoms with E-state index in [1.54, 1.807) is 12.2 Å². The number of ether oxygens (including phenoxy) is 2. The van der Waals surface area contributed by atoms with Crippen LogP contribution in [0, 0.1) is 0 Å². The summed E-state index contributed by atoms with van der Waals surface area (Å²) in [5.41, 5.74) is 3.04. The van der Waals surface area contributed by atoms with E-state index in [0.717, 1.165) is 56.5 Å². The van der Waals surface area contributed by atoms with Gasteiger partial charge >= 0.3 is 0 Å². The summed E-state index contributed by atoms with van der Waals surface area (Å²) in [6.45, 7) is 8.26. The van der Waals surface area contributed by atoms with Crippen LogP contribution >= 0.6 is 0 Å². The first-order chi connectivity index (χ1) is 12.8. The summed E-state index contributed by atoms with van der Waals surface area (Å²) in [7, 11) is 0. The lowest BCUT2D eigenvalue weighted by atomic mass is 10.1. The van der Waals surface area contributed by atoms with E-state index in [-0.39, 0.29) is 5.91 Å². The van der Waals surface area contributed by atoms with Gasteiger partial charge in [0, 0.05) is 37.9 Å². The van der Waals surface area contributed by atoms with Gasteiger partial charge in [-0.05, 0) is 25.1 Å². The summed E-state index contributed by atoms with van der Waals surface area (Å²) < 4.78 is 10.9. The Bertz CT molecular complexity index is 660. The van der Waals surface area contributed by atoms with E-state index in [9.17, 15) is 4.79 Å². The fourth-order valence-electron chi connectivity index (χ4n) is 3.14. The van der Waals surface area contributed by atoms with E-state index in [1.807, 2.05) is 25.1 Å². The van der Waals surface area contributed by atoms with E-state index < -0.39 is 0 Å². The smallest absolute Gasteiger partial charge is 0.248 e. The second-order valence-electron chi connectivity index (χ2n) is 6.27. The maximum Gasteiger partial charge on any atom is 0.248 e. The number of carbonyl (C=O) groups excluding carboxylic acids is 1. The van der Waals surface area contributed by atoms with Gasteiger partial charge in [0.05, 0.1) is 37.8 Å². The topological polar surface area (TPSA) is 54.0 Å². The predicted molar refractivity (Wildman–Crippen MR) is 105 cm³/mol. The molecule has 0 radical (unpaired) electrons. The van der Waals surface area contributed by atoms with E-state index in [2.05, 4.69) is 27.2 Å². The Morgan fingerprint density at radius 3 is 2.31 bits per heavy atom. The molecule has 0 aromatic heterocycles. The first kappa shape index (κ1) is 18.5. The number of nitrogens with one attached hydrogen (secondary N) is 1. The zero-order chi connectivity index (χ0) is 18.2. The summed E-state index contributed by atoms with van der Waals surface area (Å²) in [6, 6.07) is 6.24. The lowest BCUT2D eigenvalue weighted by Crippen LogP contribution is -2.38. The molecule has 0 atom stereocenters. The van der Waals surface area contributed by atoms with E-state index in [1.165, 1.54) is 0 Å². The maximum atomic E-state index is 12.2. The maximum absolute atomic E-state index is 12.2. The van der Waals surface area contributed by atoms with Crippen molar-refractivity contribution in [1.29, 1.82) is 0 Å². The number of morpholine rings is 2. The molecule has 2 fully saturated rings. The average Bonchev–Trinajstić information content (AvgIpc) is 2.70. The van der Waals surface area contributed by atoms with Crippen LogP contribution in [0.5, 0.6) is 0 Å². The highest BCUT2D eigenvalue weighted by molar-refractivity contribution is 6.02. The molecule has 6 heteroatoms. The number of hydrogen-bond donors (Lipinski definition) is 1. The number of anilines is 3. The van der Waals surface area contributed by atoms with Crippen LogP contribution in [0.4, 0.5) is 17.1 Å². The van der Waals surface area contributed by atoms with Gasteiger partial charge in [-0.15, -0.1) is 0 Å². The van der Waals surface area contributed by atoms with Crippen molar-refractivity contribution >= 4 is 23.0 Å². The SMILES string of the molecule is CC=CC=CC(=O)Nc1ccc(N2CCOCC2)cc1N1CCOCC1. The Morgan fingerprint density at radius 1 is 1.00 bits per heavy atom. The largest absolute Gasteiger partial charge is 0.378 e. The van der Waals surface area contributed by atoms with Crippen LogP contribution in [0.15, 0.2) is 42.5 Å². The molecule has 1 amide bonds. The van der Waals surface area contributed by atoms with Crippen molar-refractivity contribution in [3.8, 4) is 0 Å². The van der Waals surface area contributed by atoms with Crippen molar-refractivity contribution < 1.29 is 14.3 Å². The lowest BCUT2D eigenvalue weighted by molar-refractivity contribution is -0.111. The monoisotopic (exact) mass is 357 g/mol. The first-order valence-corrected chi connectivity index (χ1v) is 9.18. The zero-order valence-electron chi connectivity index (χ0n) is 15.3. The molecule has 1 aromatic carbocycles. The van der Waals surface area contributed by atoms with Crippen LogP contribution in [0.25, 0.3) is 0 Å².